The molecule has 0 aromatic carbocycles. The zero-order valence-electron chi connectivity index (χ0n) is 17.3. The second kappa shape index (κ2) is 9.27. The Morgan fingerprint density at radius 3 is 2.39 bits per heavy atom. The molecule has 2 aromatic heterocycles. The molecule has 2 heterocycles. The van der Waals surface area contributed by atoms with Crippen molar-refractivity contribution < 1.29 is 32.3 Å². The lowest BCUT2D eigenvalue weighted by Gasteiger charge is -2.09. The SMILES string of the molecule is CCCOC(=O)c1c(NC(=O)c2nn(C)c(C(F)(F)F)c2Cl)sc(C(=O)N(C)C)c1C. The summed E-state index contributed by atoms with van der Waals surface area (Å²) in [6.45, 7) is 3.42. The predicted octanol–water partition coefficient (Wildman–Crippen LogP) is 3.98. The van der Waals surface area contributed by atoms with Gasteiger partial charge in [0.15, 0.2) is 11.4 Å². The summed E-state index contributed by atoms with van der Waals surface area (Å²) in [5.74, 6) is -2.25. The molecule has 8 nitrogen and oxygen atoms in total. The third-order valence-corrected chi connectivity index (χ3v) is 5.64. The Morgan fingerprint density at radius 2 is 1.90 bits per heavy atom. The first-order chi connectivity index (χ1) is 14.3. The van der Waals surface area contributed by atoms with E-state index in [2.05, 4.69) is 10.4 Å². The lowest BCUT2D eigenvalue weighted by Crippen LogP contribution is -2.21. The number of aromatic nitrogens is 2. The number of carbonyl (C=O) groups is 3. The molecule has 13 heteroatoms. The fourth-order valence-electron chi connectivity index (χ4n) is 2.63. The minimum Gasteiger partial charge on any atom is -0.462 e. The Balaban J connectivity index is 2.51. The Hall–Kier alpha value is -2.60. The van der Waals surface area contributed by atoms with Crippen LogP contribution in [0.4, 0.5) is 18.2 Å². The number of rotatable bonds is 6. The first kappa shape index (κ1) is 24.7. The van der Waals surface area contributed by atoms with Gasteiger partial charge in [0.2, 0.25) is 0 Å². The van der Waals surface area contributed by atoms with Crippen molar-refractivity contribution in [3.8, 4) is 0 Å². The lowest BCUT2D eigenvalue weighted by molar-refractivity contribution is -0.143. The number of nitrogens with zero attached hydrogens (tertiary/aromatic N) is 3. The normalized spacial score (nSPS) is 11.4. The maximum absolute atomic E-state index is 13.1. The number of anilines is 1. The number of aryl methyl sites for hydroxylation is 1. The van der Waals surface area contributed by atoms with Crippen LogP contribution < -0.4 is 5.32 Å². The molecule has 0 saturated carbocycles. The number of hydrogen-bond donors (Lipinski definition) is 1. The van der Waals surface area contributed by atoms with Crippen LogP contribution in [-0.4, -0.2) is 53.2 Å². The smallest absolute Gasteiger partial charge is 0.434 e. The van der Waals surface area contributed by atoms with Crippen LogP contribution in [0.2, 0.25) is 5.02 Å². The second-order valence-electron chi connectivity index (χ2n) is 6.68. The van der Waals surface area contributed by atoms with Gasteiger partial charge < -0.3 is 15.0 Å². The van der Waals surface area contributed by atoms with E-state index in [9.17, 15) is 27.6 Å². The summed E-state index contributed by atoms with van der Waals surface area (Å²) < 4.78 is 45.0. The molecule has 0 fully saturated rings. The fraction of sp³-hybridized carbons (Fsp3) is 0.444. The molecular formula is C18H20ClF3N4O4S. The number of halogens is 4. The average Bonchev–Trinajstić information content (AvgIpc) is 3.14. The minimum atomic E-state index is -4.82. The highest BCUT2D eigenvalue weighted by atomic mass is 35.5. The number of alkyl halides is 3. The van der Waals surface area contributed by atoms with Gasteiger partial charge >= 0.3 is 12.1 Å². The van der Waals surface area contributed by atoms with E-state index < -0.39 is 40.4 Å². The topological polar surface area (TPSA) is 93.5 Å². The van der Waals surface area contributed by atoms with Crippen LogP contribution in [0.1, 0.15) is 55.1 Å². The third kappa shape index (κ3) is 5.01. The highest BCUT2D eigenvalue weighted by molar-refractivity contribution is 7.18. The van der Waals surface area contributed by atoms with Crippen molar-refractivity contribution in [2.75, 3.05) is 26.0 Å². The number of ether oxygens (including phenoxy) is 1. The fourth-order valence-corrected chi connectivity index (χ4v) is 4.20. The summed E-state index contributed by atoms with van der Waals surface area (Å²) in [6.07, 6.45) is -4.28. The molecule has 0 bridgehead atoms. The zero-order chi connectivity index (χ0) is 23.7. The van der Waals surface area contributed by atoms with Gasteiger partial charge in [0, 0.05) is 21.1 Å². The molecule has 2 rings (SSSR count). The first-order valence-electron chi connectivity index (χ1n) is 8.94. The van der Waals surface area contributed by atoms with Gasteiger partial charge in [0.25, 0.3) is 11.8 Å². The standard InChI is InChI=1S/C18H20ClF3N4O4S/c1-6-7-30-17(29)9-8(2)12(16(28)25(3)4)31-15(9)23-14(27)11-10(19)13(18(20,21)22)26(5)24-11/h6-7H2,1-5H3,(H,23,27). The van der Waals surface area contributed by atoms with E-state index in [0.29, 0.717) is 11.1 Å². The molecule has 0 aliphatic rings. The van der Waals surface area contributed by atoms with Gasteiger partial charge in [-0.2, -0.15) is 18.3 Å². The van der Waals surface area contributed by atoms with Crippen molar-refractivity contribution in [1.82, 2.24) is 14.7 Å². The van der Waals surface area contributed by atoms with Gasteiger partial charge in [-0.1, -0.05) is 18.5 Å². The van der Waals surface area contributed by atoms with E-state index in [1.807, 2.05) is 0 Å². The van der Waals surface area contributed by atoms with E-state index in [4.69, 9.17) is 16.3 Å². The molecule has 0 aliphatic carbocycles. The molecule has 1 N–H and O–H groups in total. The molecule has 0 radical (unpaired) electrons. The largest absolute Gasteiger partial charge is 0.462 e. The molecule has 2 amide bonds. The zero-order valence-corrected chi connectivity index (χ0v) is 18.9. The third-order valence-electron chi connectivity index (χ3n) is 4.09. The van der Waals surface area contributed by atoms with Crippen molar-refractivity contribution in [1.29, 1.82) is 0 Å². The van der Waals surface area contributed by atoms with Crippen molar-refractivity contribution in [2.24, 2.45) is 7.05 Å². The van der Waals surface area contributed by atoms with Crippen LogP contribution in [-0.2, 0) is 18.0 Å². The number of carbonyl (C=O) groups excluding carboxylic acids is 3. The maximum atomic E-state index is 13.1. The molecule has 0 spiro atoms. The quantitative estimate of drug-likeness (QED) is 0.631. The molecule has 0 unspecified atom stereocenters. The van der Waals surface area contributed by atoms with Gasteiger partial charge in [-0.3, -0.25) is 14.3 Å². The molecule has 31 heavy (non-hydrogen) atoms. The molecule has 0 atom stereocenters. The molecule has 170 valence electrons. The van der Waals surface area contributed by atoms with E-state index in [1.165, 1.54) is 25.9 Å². The van der Waals surface area contributed by atoms with E-state index in [-0.39, 0.29) is 27.6 Å². The Labute approximate surface area is 184 Å². The summed E-state index contributed by atoms with van der Waals surface area (Å²) >= 11 is 6.57. The van der Waals surface area contributed by atoms with Crippen LogP contribution >= 0.6 is 22.9 Å². The van der Waals surface area contributed by atoms with Crippen LogP contribution in [0, 0.1) is 6.92 Å². The average molecular weight is 481 g/mol. The number of nitrogens with one attached hydrogen (secondary N) is 1. The van der Waals surface area contributed by atoms with Gasteiger partial charge in [-0.25, -0.2) is 4.79 Å². The number of hydrogen-bond acceptors (Lipinski definition) is 6. The van der Waals surface area contributed by atoms with Crippen molar-refractivity contribution in [2.45, 2.75) is 26.4 Å². The molecule has 2 aromatic rings. The van der Waals surface area contributed by atoms with E-state index >= 15 is 0 Å². The summed E-state index contributed by atoms with van der Waals surface area (Å²) in [4.78, 5) is 39.1. The maximum Gasteiger partial charge on any atom is 0.434 e. The van der Waals surface area contributed by atoms with Crippen LogP contribution in [0.15, 0.2) is 0 Å². The minimum absolute atomic E-state index is 0.0518. The molecule has 0 aliphatic heterocycles. The van der Waals surface area contributed by atoms with Crippen LogP contribution in [0.5, 0.6) is 0 Å². The van der Waals surface area contributed by atoms with E-state index in [0.717, 1.165) is 18.4 Å². The number of amides is 2. The summed E-state index contributed by atoms with van der Waals surface area (Å²) in [5, 5.41) is 4.98. The van der Waals surface area contributed by atoms with Crippen molar-refractivity contribution in [3.63, 3.8) is 0 Å². The molecule has 0 saturated heterocycles. The number of thiophene rings is 1. The first-order valence-corrected chi connectivity index (χ1v) is 10.1. The van der Waals surface area contributed by atoms with Crippen molar-refractivity contribution in [3.05, 3.63) is 32.4 Å². The summed E-state index contributed by atoms with van der Waals surface area (Å²) in [6, 6.07) is 0. The van der Waals surface area contributed by atoms with Gasteiger partial charge in [0.05, 0.1) is 17.0 Å². The summed E-state index contributed by atoms with van der Waals surface area (Å²) in [7, 11) is 4.03. The molecular weight excluding hydrogens is 461 g/mol. The summed E-state index contributed by atoms with van der Waals surface area (Å²) in [5.41, 5.74) is -1.73. The van der Waals surface area contributed by atoms with Gasteiger partial charge in [-0.05, 0) is 18.9 Å². The number of esters is 1. The Morgan fingerprint density at radius 1 is 1.29 bits per heavy atom. The highest BCUT2D eigenvalue weighted by Gasteiger charge is 2.40. The van der Waals surface area contributed by atoms with Gasteiger partial charge in [0.1, 0.15) is 10.0 Å². The Kier molecular flexibility index (Phi) is 7.37. The van der Waals surface area contributed by atoms with Crippen LogP contribution in [0.3, 0.4) is 0 Å². The van der Waals surface area contributed by atoms with E-state index in [1.54, 1.807) is 6.92 Å². The van der Waals surface area contributed by atoms with Crippen molar-refractivity contribution >= 4 is 45.7 Å². The highest BCUT2D eigenvalue weighted by Crippen LogP contribution is 2.38. The Bertz CT molecular complexity index is 1030. The second-order valence-corrected chi connectivity index (χ2v) is 8.08. The monoisotopic (exact) mass is 480 g/mol. The van der Waals surface area contributed by atoms with Crippen LogP contribution in [0.25, 0.3) is 0 Å². The van der Waals surface area contributed by atoms with Gasteiger partial charge in [-0.15, -0.1) is 11.3 Å². The predicted molar refractivity (Wildman–Crippen MR) is 109 cm³/mol. The lowest BCUT2D eigenvalue weighted by atomic mass is 10.1.